The van der Waals surface area contributed by atoms with Gasteiger partial charge in [-0.15, -0.1) is 0 Å². The first-order chi connectivity index (χ1) is 16.2. The van der Waals surface area contributed by atoms with Crippen molar-refractivity contribution in [3.8, 4) is 5.75 Å². The van der Waals surface area contributed by atoms with E-state index in [9.17, 15) is 9.90 Å². The molecule has 1 atom stereocenters. The fourth-order valence-electron chi connectivity index (χ4n) is 4.75. The monoisotopic (exact) mass is 451 g/mol. The highest BCUT2D eigenvalue weighted by Crippen LogP contribution is 2.18. The van der Waals surface area contributed by atoms with Gasteiger partial charge in [0.1, 0.15) is 5.75 Å². The Kier molecular flexibility index (Phi) is 8.75. The van der Waals surface area contributed by atoms with Crippen LogP contribution in [0.4, 0.5) is 0 Å². The normalized spacial score (nSPS) is 17.8. The van der Waals surface area contributed by atoms with Crippen LogP contribution in [0.25, 0.3) is 0 Å². The Labute approximate surface area is 197 Å². The van der Waals surface area contributed by atoms with E-state index in [1.807, 2.05) is 12.1 Å². The molecule has 2 aromatic rings. The molecule has 0 radical (unpaired) electrons. The van der Waals surface area contributed by atoms with Crippen LogP contribution in [0.3, 0.4) is 0 Å². The number of hydrogen-bond donors (Lipinski definition) is 2. The van der Waals surface area contributed by atoms with E-state index in [1.54, 1.807) is 12.1 Å². The Morgan fingerprint density at radius 2 is 1.73 bits per heavy atom. The van der Waals surface area contributed by atoms with E-state index >= 15 is 0 Å². The first kappa shape index (κ1) is 23.7. The van der Waals surface area contributed by atoms with E-state index in [2.05, 4.69) is 39.4 Å². The third-order valence-corrected chi connectivity index (χ3v) is 6.63. The maximum absolute atomic E-state index is 12.5. The molecule has 2 aliphatic heterocycles. The predicted octanol–water partition coefficient (Wildman–Crippen LogP) is 3.09. The number of hydrogen-bond acceptors (Lipinski definition) is 5. The lowest BCUT2D eigenvalue weighted by atomic mass is 10.00. The van der Waals surface area contributed by atoms with Gasteiger partial charge in [0.25, 0.3) is 5.91 Å². The molecule has 1 saturated heterocycles. The van der Waals surface area contributed by atoms with Gasteiger partial charge in [0.2, 0.25) is 0 Å². The van der Waals surface area contributed by atoms with Crippen LogP contribution >= 0.6 is 0 Å². The minimum absolute atomic E-state index is 0.172. The zero-order valence-corrected chi connectivity index (χ0v) is 19.5. The number of nitrogens with zero attached hydrogens (tertiary/aromatic N) is 2. The van der Waals surface area contributed by atoms with Gasteiger partial charge in [0.05, 0.1) is 12.7 Å². The number of rotatable bonds is 10. The summed E-state index contributed by atoms with van der Waals surface area (Å²) in [7, 11) is 0. The fourth-order valence-corrected chi connectivity index (χ4v) is 4.75. The second-order valence-corrected chi connectivity index (χ2v) is 9.25. The number of carbonyl (C=O) groups is 1. The quantitative estimate of drug-likeness (QED) is 0.544. The number of aliphatic hydroxyl groups is 1. The van der Waals surface area contributed by atoms with Crippen molar-refractivity contribution in [1.82, 2.24) is 15.1 Å². The van der Waals surface area contributed by atoms with Crippen molar-refractivity contribution in [1.29, 1.82) is 0 Å². The second kappa shape index (κ2) is 12.2. The van der Waals surface area contributed by atoms with Crippen molar-refractivity contribution in [2.75, 3.05) is 45.9 Å². The third kappa shape index (κ3) is 7.29. The molecule has 2 aliphatic rings. The van der Waals surface area contributed by atoms with Gasteiger partial charge < -0.3 is 20.1 Å². The molecular weight excluding hydrogens is 414 g/mol. The number of benzene rings is 2. The molecule has 0 aliphatic carbocycles. The van der Waals surface area contributed by atoms with Crippen molar-refractivity contribution in [2.24, 2.45) is 0 Å². The minimum atomic E-state index is -0.596. The van der Waals surface area contributed by atoms with E-state index in [4.69, 9.17) is 4.74 Å². The average molecular weight is 452 g/mol. The van der Waals surface area contributed by atoms with Crippen LogP contribution in [-0.2, 0) is 13.0 Å². The van der Waals surface area contributed by atoms with Gasteiger partial charge in [0.15, 0.2) is 0 Å². The summed E-state index contributed by atoms with van der Waals surface area (Å²) in [6.45, 7) is 6.78. The Morgan fingerprint density at radius 1 is 0.970 bits per heavy atom. The van der Waals surface area contributed by atoms with E-state index in [0.29, 0.717) is 18.7 Å². The Balaban J connectivity index is 1.13. The molecule has 33 heavy (non-hydrogen) atoms. The molecule has 6 nitrogen and oxygen atoms in total. The Bertz CT molecular complexity index is 880. The lowest BCUT2D eigenvalue weighted by molar-refractivity contribution is 0.0842. The summed E-state index contributed by atoms with van der Waals surface area (Å²) in [5, 5.41) is 13.3. The summed E-state index contributed by atoms with van der Waals surface area (Å²) >= 11 is 0. The molecule has 1 unspecified atom stereocenters. The van der Waals surface area contributed by atoms with Crippen molar-refractivity contribution >= 4 is 5.91 Å². The Morgan fingerprint density at radius 3 is 2.52 bits per heavy atom. The molecule has 1 amide bonds. The highest BCUT2D eigenvalue weighted by atomic mass is 16.5. The van der Waals surface area contributed by atoms with Crippen molar-refractivity contribution < 1.29 is 14.6 Å². The van der Waals surface area contributed by atoms with Gasteiger partial charge in [-0.3, -0.25) is 9.69 Å². The van der Waals surface area contributed by atoms with E-state index in [-0.39, 0.29) is 12.5 Å². The predicted molar refractivity (Wildman–Crippen MR) is 131 cm³/mol. The molecule has 2 N–H and O–H groups in total. The number of nitrogens with one attached hydrogen (secondary N) is 1. The van der Waals surface area contributed by atoms with E-state index < -0.39 is 6.10 Å². The SMILES string of the molecule is O=C(NCC(O)CN1CCc2ccccc2C1)c1ccc(OCCCN2CCCCC2)cc1. The average Bonchev–Trinajstić information content (AvgIpc) is 2.86. The molecule has 1 fully saturated rings. The van der Waals surface area contributed by atoms with Gasteiger partial charge >= 0.3 is 0 Å². The molecule has 0 spiro atoms. The number of ether oxygens (including phenoxy) is 1. The van der Waals surface area contributed by atoms with Crippen molar-refractivity contribution in [3.63, 3.8) is 0 Å². The number of β-amino-alcohol motifs (C(OH)–C–C–N with tert-alkyl or cyclic N) is 1. The topological polar surface area (TPSA) is 65.0 Å². The number of carbonyl (C=O) groups excluding carboxylic acids is 1. The van der Waals surface area contributed by atoms with Crippen molar-refractivity contribution in [2.45, 2.75) is 44.8 Å². The molecule has 2 heterocycles. The summed E-state index contributed by atoms with van der Waals surface area (Å²) in [5.74, 6) is 0.616. The lowest BCUT2D eigenvalue weighted by Crippen LogP contribution is -2.42. The minimum Gasteiger partial charge on any atom is -0.494 e. The summed E-state index contributed by atoms with van der Waals surface area (Å²) in [5.41, 5.74) is 3.30. The summed E-state index contributed by atoms with van der Waals surface area (Å²) in [4.78, 5) is 17.2. The first-order valence-corrected chi connectivity index (χ1v) is 12.4. The molecule has 0 saturated carbocycles. The lowest BCUT2D eigenvalue weighted by Gasteiger charge is -2.30. The van der Waals surface area contributed by atoms with Gasteiger partial charge in [-0.1, -0.05) is 30.7 Å². The Hall–Kier alpha value is -2.41. The standard InChI is InChI=1S/C27H37N3O3/c31-25(21-30-17-13-22-7-2-3-8-24(22)20-30)19-28-27(32)23-9-11-26(12-10-23)33-18-6-16-29-14-4-1-5-15-29/h2-3,7-12,25,31H,1,4-6,13-21H2,(H,28,32). The van der Waals surface area contributed by atoms with E-state index in [0.717, 1.165) is 38.2 Å². The molecule has 6 heteroatoms. The molecule has 0 bridgehead atoms. The van der Waals surface area contributed by atoms with Crippen LogP contribution in [0.15, 0.2) is 48.5 Å². The smallest absolute Gasteiger partial charge is 0.251 e. The van der Waals surface area contributed by atoms with Gasteiger partial charge in [-0.25, -0.2) is 0 Å². The molecule has 0 aromatic heterocycles. The summed E-state index contributed by atoms with van der Waals surface area (Å²) < 4.78 is 5.84. The highest BCUT2D eigenvalue weighted by Gasteiger charge is 2.19. The van der Waals surface area contributed by atoms with Gasteiger partial charge in [-0.05, 0) is 74.2 Å². The van der Waals surface area contributed by atoms with Gasteiger partial charge in [-0.2, -0.15) is 0 Å². The van der Waals surface area contributed by atoms with Crippen molar-refractivity contribution in [3.05, 3.63) is 65.2 Å². The summed E-state index contributed by atoms with van der Waals surface area (Å²) in [6.07, 6.45) is 5.41. The maximum Gasteiger partial charge on any atom is 0.251 e. The molecule has 4 rings (SSSR count). The van der Waals surface area contributed by atoms with Crippen LogP contribution in [0.2, 0.25) is 0 Å². The molecule has 178 valence electrons. The van der Waals surface area contributed by atoms with Crippen LogP contribution in [-0.4, -0.2) is 72.8 Å². The molecule has 2 aromatic carbocycles. The summed E-state index contributed by atoms with van der Waals surface area (Å²) in [6, 6.07) is 15.7. The van der Waals surface area contributed by atoms with Crippen LogP contribution in [0, 0.1) is 0 Å². The maximum atomic E-state index is 12.5. The number of piperidine rings is 1. The van der Waals surface area contributed by atoms with E-state index in [1.165, 1.54) is 43.5 Å². The first-order valence-electron chi connectivity index (χ1n) is 12.4. The fraction of sp³-hybridized carbons (Fsp3) is 0.519. The van der Waals surface area contributed by atoms with Crippen LogP contribution in [0.5, 0.6) is 5.75 Å². The second-order valence-electron chi connectivity index (χ2n) is 9.25. The largest absolute Gasteiger partial charge is 0.494 e. The third-order valence-electron chi connectivity index (χ3n) is 6.63. The number of amides is 1. The number of likely N-dealkylation sites (tertiary alicyclic amines) is 1. The van der Waals surface area contributed by atoms with Gasteiger partial charge in [0, 0.05) is 38.3 Å². The van der Waals surface area contributed by atoms with Crippen LogP contribution in [0.1, 0.15) is 47.2 Å². The number of aliphatic hydroxyl groups excluding tert-OH is 1. The van der Waals surface area contributed by atoms with Crippen LogP contribution < -0.4 is 10.1 Å². The zero-order chi connectivity index (χ0) is 22.9. The zero-order valence-electron chi connectivity index (χ0n) is 19.5. The highest BCUT2D eigenvalue weighted by molar-refractivity contribution is 5.94. The number of fused-ring (bicyclic) bond motifs is 1. The molecular formula is C27H37N3O3.